The maximum Gasteiger partial charge on any atom is 0.303 e. The fourth-order valence-corrected chi connectivity index (χ4v) is 2.07. The van der Waals surface area contributed by atoms with Gasteiger partial charge < -0.3 is 10.4 Å². The first kappa shape index (κ1) is 15.8. The van der Waals surface area contributed by atoms with E-state index in [1.54, 1.807) is 10.9 Å². The van der Waals surface area contributed by atoms with Gasteiger partial charge in [-0.3, -0.25) is 9.59 Å². The second-order valence-corrected chi connectivity index (χ2v) is 4.99. The Bertz CT molecular complexity index is 606. The van der Waals surface area contributed by atoms with E-state index < -0.39 is 5.97 Å². The topological polar surface area (TPSA) is 84.2 Å². The molecule has 0 atom stereocenters. The molecule has 6 heteroatoms. The first-order chi connectivity index (χ1) is 10.6. The van der Waals surface area contributed by atoms with Crippen molar-refractivity contribution in [3.63, 3.8) is 0 Å². The third-order valence-corrected chi connectivity index (χ3v) is 3.21. The van der Waals surface area contributed by atoms with Crippen molar-refractivity contribution in [3.05, 3.63) is 48.3 Å². The lowest BCUT2D eigenvalue weighted by Gasteiger charge is -2.06. The van der Waals surface area contributed by atoms with Crippen LogP contribution in [-0.2, 0) is 16.0 Å². The maximum atomic E-state index is 11.8. The predicted molar refractivity (Wildman–Crippen MR) is 81.8 cm³/mol. The summed E-state index contributed by atoms with van der Waals surface area (Å²) in [5.41, 5.74) is 1.88. The number of carbonyl (C=O) groups excluding carboxylic acids is 1. The number of nitrogens with one attached hydrogen (secondary N) is 1. The van der Waals surface area contributed by atoms with Crippen LogP contribution in [0, 0.1) is 0 Å². The zero-order valence-electron chi connectivity index (χ0n) is 12.2. The Hall–Kier alpha value is -2.63. The van der Waals surface area contributed by atoms with Crippen molar-refractivity contribution in [1.82, 2.24) is 15.1 Å². The standard InChI is InChI=1S/C16H19N3O3/c20-15(17-9-2-1-4-16(21)22)12-13-5-7-14(8-6-13)19-11-3-10-18-19/h3,5-8,10-11H,1-2,4,9,12H2,(H,17,20)(H,21,22). The first-order valence-corrected chi connectivity index (χ1v) is 7.22. The first-order valence-electron chi connectivity index (χ1n) is 7.22. The summed E-state index contributed by atoms with van der Waals surface area (Å²) < 4.78 is 1.76. The van der Waals surface area contributed by atoms with Crippen LogP contribution in [0.2, 0.25) is 0 Å². The summed E-state index contributed by atoms with van der Waals surface area (Å²) in [7, 11) is 0. The largest absolute Gasteiger partial charge is 0.481 e. The number of aromatic nitrogens is 2. The number of aliphatic carboxylic acids is 1. The number of nitrogens with zero attached hydrogens (tertiary/aromatic N) is 2. The fourth-order valence-electron chi connectivity index (χ4n) is 2.07. The van der Waals surface area contributed by atoms with Crippen molar-refractivity contribution >= 4 is 11.9 Å². The highest BCUT2D eigenvalue weighted by Crippen LogP contribution is 2.09. The molecule has 0 fully saturated rings. The molecular formula is C16H19N3O3. The monoisotopic (exact) mass is 301 g/mol. The zero-order chi connectivity index (χ0) is 15.8. The van der Waals surface area contributed by atoms with Gasteiger partial charge in [0.2, 0.25) is 5.91 Å². The van der Waals surface area contributed by atoms with E-state index in [1.165, 1.54) is 0 Å². The molecule has 2 N–H and O–H groups in total. The lowest BCUT2D eigenvalue weighted by molar-refractivity contribution is -0.137. The van der Waals surface area contributed by atoms with E-state index in [9.17, 15) is 9.59 Å². The van der Waals surface area contributed by atoms with E-state index in [1.807, 2.05) is 36.5 Å². The Kier molecular flexibility index (Phi) is 5.71. The Morgan fingerprint density at radius 2 is 1.95 bits per heavy atom. The Balaban J connectivity index is 1.74. The van der Waals surface area contributed by atoms with Crippen LogP contribution in [0.15, 0.2) is 42.7 Å². The van der Waals surface area contributed by atoms with Crippen LogP contribution in [0.1, 0.15) is 24.8 Å². The van der Waals surface area contributed by atoms with Crippen LogP contribution in [-0.4, -0.2) is 33.3 Å². The van der Waals surface area contributed by atoms with Gasteiger partial charge in [0.15, 0.2) is 0 Å². The maximum absolute atomic E-state index is 11.8. The molecule has 2 aromatic rings. The Morgan fingerprint density at radius 3 is 2.59 bits per heavy atom. The van der Waals surface area contributed by atoms with Gasteiger partial charge in [-0.25, -0.2) is 4.68 Å². The molecule has 1 heterocycles. The van der Waals surface area contributed by atoms with Gasteiger partial charge >= 0.3 is 5.97 Å². The lowest BCUT2D eigenvalue weighted by atomic mass is 10.1. The molecule has 1 aromatic carbocycles. The van der Waals surface area contributed by atoms with Crippen molar-refractivity contribution in [2.75, 3.05) is 6.54 Å². The summed E-state index contributed by atoms with van der Waals surface area (Å²) in [4.78, 5) is 22.1. The van der Waals surface area contributed by atoms with Gasteiger partial charge in [-0.05, 0) is 36.6 Å². The number of hydrogen-bond donors (Lipinski definition) is 2. The molecule has 1 aromatic heterocycles. The van der Waals surface area contributed by atoms with E-state index in [0.717, 1.165) is 11.3 Å². The minimum absolute atomic E-state index is 0.0536. The summed E-state index contributed by atoms with van der Waals surface area (Å²) in [5, 5.41) is 15.5. The highest BCUT2D eigenvalue weighted by molar-refractivity contribution is 5.78. The molecule has 0 bridgehead atoms. The van der Waals surface area contributed by atoms with E-state index in [2.05, 4.69) is 10.4 Å². The van der Waals surface area contributed by atoms with Gasteiger partial charge in [-0.2, -0.15) is 5.10 Å². The number of benzene rings is 1. The molecule has 0 aliphatic heterocycles. The average molecular weight is 301 g/mol. The average Bonchev–Trinajstić information content (AvgIpc) is 3.01. The fraction of sp³-hybridized carbons (Fsp3) is 0.312. The SMILES string of the molecule is O=C(O)CCCCNC(=O)Cc1ccc(-n2cccn2)cc1. The van der Waals surface area contributed by atoms with Crippen LogP contribution in [0.25, 0.3) is 5.69 Å². The molecule has 0 aliphatic rings. The molecule has 0 unspecified atom stereocenters. The number of rotatable bonds is 8. The molecule has 0 radical (unpaired) electrons. The molecule has 22 heavy (non-hydrogen) atoms. The summed E-state index contributed by atoms with van der Waals surface area (Å²) in [6, 6.07) is 9.50. The zero-order valence-corrected chi connectivity index (χ0v) is 12.2. The second-order valence-electron chi connectivity index (χ2n) is 4.99. The van der Waals surface area contributed by atoms with E-state index in [4.69, 9.17) is 5.11 Å². The van der Waals surface area contributed by atoms with E-state index >= 15 is 0 Å². The van der Waals surface area contributed by atoms with Gasteiger partial charge in [0.05, 0.1) is 12.1 Å². The molecular weight excluding hydrogens is 282 g/mol. The van der Waals surface area contributed by atoms with Crippen LogP contribution in [0.3, 0.4) is 0 Å². The molecule has 1 amide bonds. The van der Waals surface area contributed by atoms with Crippen molar-refractivity contribution in [2.45, 2.75) is 25.7 Å². The van der Waals surface area contributed by atoms with Gasteiger partial charge in [-0.15, -0.1) is 0 Å². The molecule has 0 spiro atoms. The predicted octanol–water partition coefficient (Wildman–Crippen LogP) is 1.79. The van der Waals surface area contributed by atoms with E-state index in [0.29, 0.717) is 25.8 Å². The van der Waals surface area contributed by atoms with Gasteiger partial charge in [0, 0.05) is 25.4 Å². The summed E-state index contributed by atoms with van der Waals surface area (Å²) >= 11 is 0. The van der Waals surface area contributed by atoms with Crippen LogP contribution >= 0.6 is 0 Å². The summed E-state index contributed by atoms with van der Waals surface area (Å²) in [6.07, 6.45) is 5.29. The van der Waals surface area contributed by atoms with Crippen molar-refractivity contribution in [3.8, 4) is 5.69 Å². The molecule has 0 saturated carbocycles. The smallest absolute Gasteiger partial charge is 0.303 e. The second kappa shape index (κ2) is 7.97. The number of carboxylic acid groups (broad SMARTS) is 1. The molecule has 116 valence electrons. The van der Waals surface area contributed by atoms with Crippen molar-refractivity contribution in [1.29, 1.82) is 0 Å². The molecule has 2 rings (SSSR count). The molecule has 0 aliphatic carbocycles. The minimum atomic E-state index is -0.802. The lowest BCUT2D eigenvalue weighted by Crippen LogP contribution is -2.26. The van der Waals surface area contributed by atoms with Crippen LogP contribution in [0.4, 0.5) is 0 Å². The van der Waals surface area contributed by atoms with Gasteiger partial charge in [0.25, 0.3) is 0 Å². The molecule has 6 nitrogen and oxygen atoms in total. The number of amides is 1. The van der Waals surface area contributed by atoms with Crippen LogP contribution in [0.5, 0.6) is 0 Å². The van der Waals surface area contributed by atoms with Crippen molar-refractivity contribution < 1.29 is 14.7 Å². The number of carboxylic acids is 1. The number of hydrogen-bond acceptors (Lipinski definition) is 3. The molecule has 0 saturated heterocycles. The van der Waals surface area contributed by atoms with Crippen LogP contribution < -0.4 is 5.32 Å². The van der Waals surface area contributed by atoms with E-state index in [-0.39, 0.29) is 12.3 Å². The summed E-state index contributed by atoms with van der Waals surface area (Å²) in [5.74, 6) is -0.856. The Morgan fingerprint density at radius 1 is 1.18 bits per heavy atom. The summed E-state index contributed by atoms with van der Waals surface area (Å²) in [6.45, 7) is 0.511. The third-order valence-electron chi connectivity index (χ3n) is 3.21. The highest BCUT2D eigenvalue weighted by Gasteiger charge is 2.04. The highest BCUT2D eigenvalue weighted by atomic mass is 16.4. The number of unbranched alkanes of at least 4 members (excludes halogenated alkanes) is 1. The normalized spacial score (nSPS) is 10.4. The van der Waals surface area contributed by atoms with Gasteiger partial charge in [0.1, 0.15) is 0 Å². The quantitative estimate of drug-likeness (QED) is 0.728. The minimum Gasteiger partial charge on any atom is -0.481 e. The van der Waals surface area contributed by atoms with Gasteiger partial charge in [-0.1, -0.05) is 12.1 Å². The van der Waals surface area contributed by atoms with Crippen molar-refractivity contribution in [2.24, 2.45) is 0 Å². The third kappa shape index (κ3) is 5.05. The number of carbonyl (C=O) groups is 2. The Labute approximate surface area is 128 Å².